The molecule has 1 saturated carbocycles. The van der Waals surface area contributed by atoms with E-state index in [1.54, 1.807) is 18.3 Å². The highest BCUT2D eigenvalue weighted by Gasteiger charge is 2.59. The minimum atomic E-state index is -0.418. The summed E-state index contributed by atoms with van der Waals surface area (Å²) in [5, 5.41) is 8.30. The van der Waals surface area contributed by atoms with Gasteiger partial charge in [0.15, 0.2) is 0 Å². The van der Waals surface area contributed by atoms with Crippen LogP contribution < -0.4 is 25.4 Å². The molecule has 0 bridgehead atoms. The first-order chi connectivity index (χ1) is 16.0. The van der Waals surface area contributed by atoms with Crippen LogP contribution >= 0.6 is 0 Å². The Morgan fingerprint density at radius 3 is 2.97 bits per heavy atom. The first-order valence-corrected chi connectivity index (χ1v) is 10.6. The van der Waals surface area contributed by atoms with Crippen LogP contribution in [0.25, 0.3) is 0 Å². The second-order valence-corrected chi connectivity index (χ2v) is 8.23. The Morgan fingerprint density at radius 2 is 2.09 bits per heavy atom. The third-order valence-corrected chi connectivity index (χ3v) is 6.04. The van der Waals surface area contributed by atoms with Crippen molar-refractivity contribution in [2.45, 2.75) is 30.9 Å². The first-order valence-electron chi connectivity index (χ1n) is 10.6. The Kier molecular flexibility index (Phi) is 4.42. The Labute approximate surface area is 188 Å². The predicted octanol–water partition coefficient (Wildman–Crippen LogP) is 3.95. The first kappa shape index (κ1) is 19.5. The lowest BCUT2D eigenvalue weighted by Gasteiger charge is -2.19. The standard InChI is InChI=1S/C24H19FN4O4/c25-12-2-1-3-13(10-12)27-24(31)29-21-20-16-11-14(4-6-17(16)33-22(20)21)32-18-8-9-26-23-15(18)5-7-19(30)28-23/h1-4,6,8-11,20-22H,5,7H2,(H,26,28,30)(H2,27,29,31). The lowest BCUT2D eigenvalue weighted by molar-refractivity contribution is -0.116. The zero-order chi connectivity index (χ0) is 22.5. The van der Waals surface area contributed by atoms with Gasteiger partial charge in [-0.3, -0.25) is 4.79 Å². The maximum atomic E-state index is 13.3. The van der Waals surface area contributed by atoms with Crippen molar-refractivity contribution in [3.63, 3.8) is 0 Å². The van der Waals surface area contributed by atoms with Crippen molar-refractivity contribution in [1.29, 1.82) is 0 Å². The molecule has 33 heavy (non-hydrogen) atoms. The molecule has 3 N–H and O–H groups in total. The number of anilines is 2. The van der Waals surface area contributed by atoms with Gasteiger partial charge in [-0.15, -0.1) is 0 Å². The second-order valence-electron chi connectivity index (χ2n) is 8.23. The molecule has 8 nitrogen and oxygen atoms in total. The summed E-state index contributed by atoms with van der Waals surface area (Å²) in [6, 6.07) is 12.5. The monoisotopic (exact) mass is 446 g/mol. The lowest BCUT2D eigenvalue weighted by atomic mass is 10.1. The summed E-state index contributed by atoms with van der Waals surface area (Å²) in [4.78, 5) is 28.2. The number of hydrogen-bond acceptors (Lipinski definition) is 5. The number of rotatable bonds is 4. The van der Waals surface area contributed by atoms with E-state index in [1.807, 2.05) is 18.2 Å². The summed E-state index contributed by atoms with van der Waals surface area (Å²) in [6.07, 6.45) is 2.42. The molecule has 1 aliphatic carbocycles. The number of benzene rings is 2. The highest BCUT2D eigenvalue weighted by Crippen LogP contribution is 2.54. The van der Waals surface area contributed by atoms with Gasteiger partial charge in [-0.2, -0.15) is 0 Å². The Bertz CT molecular complexity index is 1300. The fourth-order valence-electron chi connectivity index (χ4n) is 4.44. The molecule has 0 saturated heterocycles. The molecule has 3 atom stereocenters. The number of carbonyl (C=O) groups excluding carboxylic acids is 2. The molecule has 0 radical (unpaired) electrons. The van der Waals surface area contributed by atoms with Gasteiger partial charge in [0.05, 0.1) is 12.0 Å². The van der Waals surface area contributed by atoms with Gasteiger partial charge in [-0.1, -0.05) is 6.07 Å². The van der Waals surface area contributed by atoms with Crippen molar-refractivity contribution >= 4 is 23.4 Å². The van der Waals surface area contributed by atoms with Gasteiger partial charge in [0.1, 0.15) is 35.0 Å². The summed E-state index contributed by atoms with van der Waals surface area (Å²) in [7, 11) is 0. The van der Waals surface area contributed by atoms with Crippen LogP contribution in [0.3, 0.4) is 0 Å². The van der Waals surface area contributed by atoms with E-state index in [-0.39, 0.29) is 24.0 Å². The predicted molar refractivity (Wildman–Crippen MR) is 117 cm³/mol. The number of pyridine rings is 1. The number of nitrogens with zero attached hydrogens (tertiary/aromatic N) is 1. The van der Waals surface area contributed by atoms with E-state index in [0.717, 1.165) is 16.9 Å². The van der Waals surface area contributed by atoms with Gasteiger partial charge in [-0.05, 0) is 48.9 Å². The Morgan fingerprint density at radius 1 is 1.18 bits per heavy atom. The van der Waals surface area contributed by atoms with Crippen molar-refractivity contribution in [3.8, 4) is 17.2 Å². The van der Waals surface area contributed by atoms with E-state index in [1.165, 1.54) is 18.2 Å². The number of hydrogen-bond donors (Lipinski definition) is 3. The van der Waals surface area contributed by atoms with Crippen LogP contribution in [0.2, 0.25) is 0 Å². The molecule has 1 fully saturated rings. The Balaban J connectivity index is 1.15. The molecular formula is C24H19FN4O4. The summed E-state index contributed by atoms with van der Waals surface area (Å²) >= 11 is 0. The number of ether oxygens (including phenoxy) is 2. The highest BCUT2D eigenvalue weighted by molar-refractivity contribution is 5.93. The molecule has 3 aliphatic rings. The van der Waals surface area contributed by atoms with Gasteiger partial charge in [-0.25, -0.2) is 14.2 Å². The normalized spacial score (nSPS) is 21.6. The second kappa shape index (κ2) is 7.47. The molecule has 2 aromatic carbocycles. The van der Waals surface area contributed by atoms with Crippen LogP contribution in [0.5, 0.6) is 17.2 Å². The summed E-state index contributed by atoms with van der Waals surface area (Å²) < 4.78 is 25.4. The van der Waals surface area contributed by atoms with Gasteiger partial charge in [0.25, 0.3) is 0 Å². The van der Waals surface area contributed by atoms with E-state index in [2.05, 4.69) is 20.9 Å². The fraction of sp³-hybridized carbons (Fsp3) is 0.208. The number of urea groups is 1. The molecular weight excluding hydrogens is 427 g/mol. The van der Waals surface area contributed by atoms with Crippen LogP contribution in [-0.2, 0) is 11.2 Å². The summed E-state index contributed by atoms with van der Waals surface area (Å²) in [5.74, 6) is 2.13. The van der Waals surface area contributed by atoms with E-state index < -0.39 is 11.8 Å². The SMILES string of the molecule is O=C1CCc2c(Oc3ccc4c(c3)C3C(NC(=O)Nc5cccc(F)c5)C3O4)ccnc2N1. The fourth-order valence-corrected chi connectivity index (χ4v) is 4.44. The maximum absolute atomic E-state index is 13.3. The zero-order valence-corrected chi connectivity index (χ0v) is 17.3. The molecule has 3 unspecified atom stereocenters. The Hall–Kier alpha value is -4.14. The quantitative estimate of drug-likeness (QED) is 0.564. The van der Waals surface area contributed by atoms with Crippen molar-refractivity contribution in [1.82, 2.24) is 10.3 Å². The van der Waals surface area contributed by atoms with Crippen LogP contribution in [0, 0.1) is 5.82 Å². The summed E-state index contributed by atoms with van der Waals surface area (Å²) in [6.45, 7) is 0. The smallest absolute Gasteiger partial charge is 0.319 e. The highest BCUT2D eigenvalue weighted by atomic mass is 19.1. The molecule has 1 aromatic heterocycles. The minimum Gasteiger partial charge on any atom is -0.487 e. The van der Waals surface area contributed by atoms with E-state index in [0.29, 0.717) is 35.8 Å². The molecule has 3 heterocycles. The van der Waals surface area contributed by atoms with Crippen LogP contribution in [0.15, 0.2) is 54.7 Å². The molecule has 166 valence electrons. The molecule has 0 spiro atoms. The van der Waals surface area contributed by atoms with Gasteiger partial charge < -0.3 is 25.4 Å². The van der Waals surface area contributed by atoms with Gasteiger partial charge in [0, 0.05) is 29.4 Å². The van der Waals surface area contributed by atoms with E-state index >= 15 is 0 Å². The van der Waals surface area contributed by atoms with Crippen LogP contribution in [0.1, 0.15) is 23.5 Å². The van der Waals surface area contributed by atoms with Crippen molar-refractivity contribution in [2.75, 3.05) is 10.6 Å². The third-order valence-electron chi connectivity index (χ3n) is 6.04. The van der Waals surface area contributed by atoms with Crippen LogP contribution in [-0.4, -0.2) is 29.1 Å². The topological polar surface area (TPSA) is 102 Å². The number of fused-ring (bicyclic) bond motifs is 4. The van der Waals surface area contributed by atoms with Gasteiger partial charge >= 0.3 is 6.03 Å². The molecule has 6 rings (SSSR count). The summed E-state index contributed by atoms with van der Waals surface area (Å²) in [5.41, 5.74) is 2.21. The number of aromatic nitrogens is 1. The number of carbonyl (C=O) groups is 2. The molecule has 9 heteroatoms. The van der Waals surface area contributed by atoms with Crippen LogP contribution in [0.4, 0.5) is 20.7 Å². The lowest BCUT2D eigenvalue weighted by Crippen LogP contribution is -2.34. The largest absolute Gasteiger partial charge is 0.487 e. The van der Waals surface area contributed by atoms with Crippen molar-refractivity contribution in [3.05, 3.63) is 71.7 Å². The van der Waals surface area contributed by atoms with Crippen molar-refractivity contribution < 1.29 is 23.5 Å². The molecule has 2 aliphatic heterocycles. The van der Waals surface area contributed by atoms with Gasteiger partial charge in [0.2, 0.25) is 5.91 Å². The van der Waals surface area contributed by atoms with E-state index in [9.17, 15) is 14.0 Å². The minimum absolute atomic E-state index is 0.0208. The average molecular weight is 446 g/mol. The van der Waals surface area contributed by atoms with E-state index in [4.69, 9.17) is 9.47 Å². The van der Waals surface area contributed by atoms with Crippen molar-refractivity contribution in [2.24, 2.45) is 0 Å². The number of nitrogens with one attached hydrogen (secondary N) is 3. The third kappa shape index (κ3) is 3.61. The number of halogens is 1. The molecule has 3 aromatic rings. The molecule has 3 amide bonds. The zero-order valence-electron chi connectivity index (χ0n) is 17.3. The average Bonchev–Trinajstić information content (AvgIpc) is 3.30. The maximum Gasteiger partial charge on any atom is 0.319 e. The number of amides is 3.